The van der Waals surface area contributed by atoms with Crippen LogP contribution >= 0.6 is 0 Å². The minimum absolute atomic E-state index is 0.0749. The monoisotopic (exact) mass is 469 g/mol. The number of hydrogen-bond donors (Lipinski definition) is 2. The summed E-state index contributed by atoms with van der Waals surface area (Å²) in [6, 6.07) is 7.12. The third-order valence-corrected chi connectivity index (χ3v) is 6.86. The molecule has 2 aliphatic rings. The number of nitrogens with zero attached hydrogens (tertiary/aromatic N) is 4. The molecule has 10 heteroatoms. The van der Waals surface area contributed by atoms with Crippen LogP contribution in [0.5, 0.6) is 0 Å². The fraction of sp³-hybridized carbons (Fsp3) is 0.417. The SMILES string of the molecule is O=C(Nc1ccc(N2CCC3(CC2)CC(CO)C3)nc1)c1nnc(Cc2ccc(F)c(F)c2)o1. The highest BCUT2D eigenvalue weighted by Crippen LogP contribution is 2.52. The molecular weight excluding hydrogens is 444 g/mol. The maximum atomic E-state index is 13.4. The number of rotatable bonds is 6. The van der Waals surface area contributed by atoms with Gasteiger partial charge in [0.1, 0.15) is 5.82 Å². The predicted octanol–water partition coefficient (Wildman–Crippen LogP) is 3.57. The molecule has 0 atom stereocenters. The first-order valence-electron chi connectivity index (χ1n) is 11.3. The molecule has 1 spiro atoms. The standard InChI is InChI=1S/C24H25F2N5O3/c25-18-3-1-15(9-19(18)26)10-21-29-30-23(34-21)22(33)28-17-2-4-20(27-13-17)31-7-5-24(6-8-31)11-16(12-24)14-32/h1-4,9,13,16,32H,5-8,10-12,14H2,(H,28,33). The van der Waals surface area contributed by atoms with Gasteiger partial charge in [-0.3, -0.25) is 4.79 Å². The number of hydrogen-bond acceptors (Lipinski definition) is 7. The van der Waals surface area contributed by atoms with Gasteiger partial charge < -0.3 is 19.7 Å². The van der Waals surface area contributed by atoms with Gasteiger partial charge in [-0.1, -0.05) is 6.07 Å². The van der Waals surface area contributed by atoms with Crippen LogP contribution in [0.4, 0.5) is 20.3 Å². The van der Waals surface area contributed by atoms with Crippen molar-refractivity contribution in [3.63, 3.8) is 0 Å². The zero-order chi connectivity index (χ0) is 23.7. The molecule has 1 amide bonds. The fourth-order valence-corrected chi connectivity index (χ4v) is 4.99. The van der Waals surface area contributed by atoms with Crippen molar-refractivity contribution in [3.8, 4) is 0 Å². The van der Waals surface area contributed by atoms with E-state index in [9.17, 15) is 18.7 Å². The van der Waals surface area contributed by atoms with E-state index in [4.69, 9.17) is 4.42 Å². The Morgan fingerprint density at radius 3 is 2.62 bits per heavy atom. The molecule has 1 aliphatic heterocycles. The van der Waals surface area contributed by atoms with Crippen LogP contribution in [0.1, 0.15) is 47.8 Å². The molecule has 0 unspecified atom stereocenters. The Hall–Kier alpha value is -3.40. The average Bonchev–Trinajstić information content (AvgIpc) is 3.29. The summed E-state index contributed by atoms with van der Waals surface area (Å²) >= 11 is 0. The van der Waals surface area contributed by atoms with Gasteiger partial charge in [-0.2, -0.15) is 0 Å². The number of aromatic nitrogens is 3. The van der Waals surface area contributed by atoms with Gasteiger partial charge in [0.05, 0.1) is 18.3 Å². The van der Waals surface area contributed by atoms with Gasteiger partial charge >= 0.3 is 11.8 Å². The Bertz CT molecular complexity index is 1170. The van der Waals surface area contributed by atoms with Gasteiger partial charge in [-0.05, 0) is 66.8 Å². The molecule has 2 fully saturated rings. The first kappa shape index (κ1) is 22.4. The maximum Gasteiger partial charge on any atom is 0.313 e. The molecule has 3 aromatic rings. The second-order valence-electron chi connectivity index (χ2n) is 9.23. The minimum Gasteiger partial charge on any atom is -0.417 e. The van der Waals surface area contributed by atoms with Crippen molar-refractivity contribution in [2.24, 2.45) is 11.3 Å². The van der Waals surface area contributed by atoms with E-state index in [1.807, 2.05) is 6.07 Å². The quantitative estimate of drug-likeness (QED) is 0.569. The van der Waals surface area contributed by atoms with Gasteiger partial charge in [-0.15, -0.1) is 10.2 Å². The van der Waals surface area contributed by atoms with Gasteiger partial charge in [0.15, 0.2) is 11.6 Å². The number of nitrogens with one attached hydrogen (secondary N) is 1. The number of benzene rings is 1. The van der Waals surface area contributed by atoms with E-state index in [1.165, 1.54) is 6.07 Å². The summed E-state index contributed by atoms with van der Waals surface area (Å²) in [5.41, 5.74) is 1.34. The van der Waals surface area contributed by atoms with Crippen LogP contribution in [0.3, 0.4) is 0 Å². The molecule has 2 aromatic heterocycles. The molecule has 3 heterocycles. The summed E-state index contributed by atoms with van der Waals surface area (Å²) in [5, 5.41) is 19.5. The highest BCUT2D eigenvalue weighted by Gasteiger charge is 2.45. The normalized spacial score (nSPS) is 17.6. The third kappa shape index (κ3) is 4.63. The lowest BCUT2D eigenvalue weighted by molar-refractivity contribution is -0.00306. The Labute approximate surface area is 195 Å². The summed E-state index contributed by atoms with van der Waals surface area (Å²) < 4.78 is 31.8. The van der Waals surface area contributed by atoms with Crippen LogP contribution < -0.4 is 10.2 Å². The van der Waals surface area contributed by atoms with Crippen LogP contribution in [-0.4, -0.2) is 45.9 Å². The molecule has 178 valence electrons. The largest absolute Gasteiger partial charge is 0.417 e. The molecule has 1 aromatic carbocycles. The molecule has 1 saturated carbocycles. The number of anilines is 2. The lowest BCUT2D eigenvalue weighted by Crippen LogP contribution is -2.48. The van der Waals surface area contributed by atoms with Crippen molar-refractivity contribution >= 4 is 17.4 Å². The first-order valence-corrected chi connectivity index (χ1v) is 11.3. The van der Waals surface area contributed by atoms with E-state index in [2.05, 4.69) is 25.4 Å². The number of piperidine rings is 1. The number of carbonyl (C=O) groups is 1. The minimum atomic E-state index is -0.964. The van der Waals surface area contributed by atoms with Crippen molar-refractivity contribution < 1.29 is 23.1 Å². The number of carbonyl (C=O) groups excluding carboxylic acids is 1. The van der Waals surface area contributed by atoms with Crippen LogP contribution in [0.15, 0.2) is 40.9 Å². The van der Waals surface area contributed by atoms with E-state index in [-0.39, 0.29) is 18.2 Å². The molecule has 0 radical (unpaired) electrons. The Morgan fingerprint density at radius 1 is 1.15 bits per heavy atom. The fourth-order valence-electron chi connectivity index (χ4n) is 4.99. The Kier molecular flexibility index (Phi) is 5.99. The highest BCUT2D eigenvalue weighted by molar-refractivity contribution is 6.00. The Morgan fingerprint density at radius 2 is 1.94 bits per heavy atom. The molecule has 8 nitrogen and oxygen atoms in total. The first-order chi connectivity index (χ1) is 16.4. The lowest BCUT2D eigenvalue weighted by Gasteiger charge is -2.52. The number of pyridine rings is 1. The molecule has 1 aliphatic carbocycles. The number of amides is 1. The number of halogens is 2. The van der Waals surface area contributed by atoms with Crippen LogP contribution in [0.25, 0.3) is 0 Å². The highest BCUT2D eigenvalue weighted by atomic mass is 19.2. The summed E-state index contributed by atoms with van der Waals surface area (Å²) in [7, 11) is 0. The predicted molar refractivity (Wildman–Crippen MR) is 119 cm³/mol. The topological polar surface area (TPSA) is 104 Å². The van der Waals surface area contributed by atoms with Gasteiger partial charge in [0.25, 0.3) is 0 Å². The van der Waals surface area contributed by atoms with Crippen molar-refractivity contribution in [3.05, 3.63) is 65.5 Å². The lowest BCUT2D eigenvalue weighted by atomic mass is 9.58. The summed E-state index contributed by atoms with van der Waals surface area (Å²) in [4.78, 5) is 19.2. The smallest absolute Gasteiger partial charge is 0.313 e. The van der Waals surface area contributed by atoms with E-state index < -0.39 is 17.5 Å². The van der Waals surface area contributed by atoms with Gasteiger partial charge in [-0.25, -0.2) is 13.8 Å². The molecule has 2 N–H and O–H groups in total. The molecule has 0 bridgehead atoms. The zero-order valence-electron chi connectivity index (χ0n) is 18.5. The third-order valence-electron chi connectivity index (χ3n) is 6.86. The van der Waals surface area contributed by atoms with Crippen molar-refractivity contribution in [2.75, 3.05) is 29.9 Å². The summed E-state index contributed by atoms with van der Waals surface area (Å²) in [6.07, 6.45) is 6.11. The average molecular weight is 469 g/mol. The molecule has 34 heavy (non-hydrogen) atoms. The van der Waals surface area contributed by atoms with E-state index in [1.54, 1.807) is 12.3 Å². The van der Waals surface area contributed by atoms with Crippen LogP contribution in [0.2, 0.25) is 0 Å². The summed E-state index contributed by atoms with van der Waals surface area (Å²) in [6.45, 7) is 2.15. The van der Waals surface area contributed by atoms with Gasteiger partial charge in [0.2, 0.25) is 5.89 Å². The van der Waals surface area contributed by atoms with Crippen molar-refractivity contribution in [1.82, 2.24) is 15.2 Å². The van der Waals surface area contributed by atoms with Gasteiger partial charge in [0, 0.05) is 19.7 Å². The number of aliphatic hydroxyl groups excluding tert-OH is 1. The van der Waals surface area contributed by atoms with Crippen molar-refractivity contribution in [2.45, 2.75) is 32.1 Å². The van der Waals surface area contributed by atoms with E-state index in [0.29, 0.717) is 29.2 Å². The molecular formula is C24H25F2N5O3. The zero-order valence-corrected chi connectivity index (χ0v) is 18.5. The van der Waals surface area contributed by atoms with E-state index >= 15 is 0 Å². The van der Waals surface area contributed by atoms with Crippen LogP contribution in [-0.2, 0) is 6.42 Å². The van der Waals surface area contributed by atoms with E-state index in [0.717, 1.165) is 56.7 Å². The second kappa shape index (κ2) is 9.09. The van der Waals surface area contributed by atoms with Crippen LogP contribution in [0, 0.1) is 23.0 Å². The maximum absolute atomic E-state index is 13.4. The Balaban J connectivity index is 1.15. The second-order valence-corrected chi connectivity index (χ2v) is 9.23. The van der Waals surface area contributed by atoms with Crippen molar-refractivity contribution in [1.29, 1.82) is 0 Å². The summed E-state index contributed by atoms with van der Waals surface area (Å²) in [5.74, 6) is -1.28. The number of aliphatic hydroxyl groups is 1. The molecule has 1 saturated heterocycles. The molecule has 5 rings (SSSR count).